The summed E-state index contributed by atoms with van der Waals surface area (Å²) in [6.45, 7) is 3.26. The first kappa shape index (κ1) is 13.0. The molecule has 1 atom stereocenters. The summed E-state index contributed by atoms with van der Waals surface area (Å²) in [5.41, 5.74) is 0. The van der Waals surface area contributed by atoms with Crippen molar-refractivity contribution in [2.45, 2.75) is 38.9 Å². The lowest BCUT2D eigenvalue weighted by atomic mass is 10.00. The van der Waals surface area contributed by atoms with Crippen molar-refractivity contribution in [3.63, 3.8) is 0 Å². The molecule has 0 unspecified atom stereocenters. The maximum Gasteiger partial charge on any atom is 0.471 e. The molecular formula is C10H14F3NO2. The average Bonchev–Trinajstić information content (AvgIpc) is 2.61. The van der Waals surface area contributed by atoms with Crippen molar-refractivity contribution >= 4 is 11.7 Å². The Morgan fingerprint density at radius 3 is 2.31 bits per heavy atom. The normalized spacial score (nSPS) is 21.6. The van der Waals surface area contributed by atoms with Crippen LogP contribution in [0.5, 0.6) is 0 Å². The number of rotatable bonds is 2. The molecule has 0 saturated carbocycles. The first-order chi connectivity index (χ1) is 7.25. The number of ketones is 1. The van der Waals surface area contributed by atoms with Gasteiger partial charge in [0.05, 0.1) is 6.04 Å². The molecule has 1 heterocycles. The van der Waals surface area contributed by atoms with Gasteiger partial charge >= 0.3 is 12.1 Å². The van der Waals surface area contributed by atoms with Gasteiger partial charge in [-0.25, -0.2) is 0 Å². The number of alkyl halides is 3. The van der Waals surface area contributed by atoms with Crippen molar-refractivity contribution < 1.29 is 22.8 Å². The molecule has 1 rings (SSSR count). The van der Waals surface area contributed by atoms with Gasteiger partial charge in [-0.15, -0.1) is 0 Å². The Morgan fingerprint density at radius 1 is 1.31 bits per heavy atom. The molecule has 1 amide bonds. The van der Waals surface area contributed by atoms with E-state index in [4.69, 9.17) is 0 Å². The molecule has 1 fully saturated rings. The number of amides is 1. The highest BCUT2D eigenvalue weighted by molar-refractivity contribution is 5.92. The van der Waals surface area contributed by atoms with E-state index in [0.29, 0.717) is 17.7 Å². The van der Waals surface area contributed by atoms with Gasteiger partial charge in [0, 0.05) is 12.5 Å². The fourth-order valence-corrected chi connectivity index (χ4v) is 1.85. The van der Waals surface area contributed by atoms with Crippen LogP contribution in [0, 0.1) is 5.92 Å². The first-order valence-corrected chi connectivity index (χ1v) is 5.16. The van der Waals surface area contributed by atoms with Crippen LogP contribution in [0.1, 0.15) is 26.7 Å². The molecular weight excluding hydrogens is 223 g/mol. The molecule has 0 radical (unpaired) electrons. The summed E-state index contributed by atoms with van der Waals surface area (Å²) in [5.74, 6) is -2.55. The van der Waals surface area contributed by atoms with Crippen LogP contribution in [0.4, 0.5) is 13.2 Å². The highest BCUT2D eigenvalue weighted by Gasteiger charge is 2.47. The molecule has 1 aliphatic heterocycles. The minimum absolute atomic E-state index is 0.0153. The summed E-state index contributed by atoms with van der Waals surface area (Å²) < 4.78 is 36.7. The standard InChI is InChI=1S/C10H14F3NO2/c1-6(2)8(15)7-4-3-5-14(7)9(16)10(11,12)13/h6-7H,3-5H2,1-2H3/t7-/m0/s1. The van der Waals surface area contributed by atoms with Gasteiger partial charge in [0.2, 0.25) is 0 Å². The molecule has 0 bridgehead atoms. The second-order valence-corrected chi connectivity index (χ2v) is 4.21. The number of hydrogen-bond donors (Lipinski definition) is 0. The number of nitrogens with zero attached hydrogens (tertiary/aromatic N) is 1. The van der Waals surface area contributed by atoms with Crippen LogP contribution in [0.25, 0.3) is 0 Å². The van der Waals surface area contributed by atoms with Crippen LogP contribution in [0.2, 0.25) is 0 Å². The zero-order valence-electron chi connectivity index (χ0n) is 9.17. The molecule has 0 aromatic rings. The molecule has 1 saturated heterocycles. The quantitative estimate of drug-likeness (QED) is 0.734. The third kappa shape index (κ3) is 2.54. The predicted octanol–water partition coefficient (Wildman–Crippen LogP) is 1.76. The van der Waals surface area contributed by atoms with Gasteiger partial charge in [-0.2, -0.15) is 13.2 Å². The minimum atomic E-state index is -4.89. The molecule has 0 N–H and O–H groups in total. The van der Waals surface area contributed by atoms with Crippen LogP contribution >= 0.6 is 0 Å². The van der Waals surface area contributed by atoms with Crippen LogP contribution in [-0.2, 0) is 9.59 Å². The van der Waals surface area contributed by atoms with E-state index in [1.807, 2.05) is 0 Å². The molecule has 3 nitrogen and oxygen atoms in total. The van der Waals surface area contributed by atoms with Crippen molar-refractivity contribution in [3.8, 4) is 0 Å². The number of carbonyl (C=O) groups is 2. The van der Waals surface area contributed by atoms with Gasteiger partial charge in [0.25, 0.3) is 0 Å². The van der Waals surface area contributed by atoms with Gasteiger partial charge in [0.1, 0.15) is 0 Å². The third-order valence-electron chi connectivity index (χ3n) is 2.65. The van der Waals surface area contributed by atoms with E-state index in [1.54, 1.807) is 13.8 Å². The molecule has 0 aliphatic carbocycles. The highest BCUT2D eigenvalue weighted by Crippen LogP contribution is 2.27. The molecule has 1 aliphatic rings. The number of halogens is 3. The lowest BCUT2D eigenvalue weighted by molar-refractivity contribution is -0.186. The number of carbonyl (C=O) groups excluding carboxylic acids is 2. The predicted molar refractivity (Wildman–Crippen MR) is 50.6 cm³/mol. The average molecular weight is 237 g/mol. The third-order valence-corrected chi connectivity index (χ3v) is 2.65. The fourth-order valence-electron chi connectivity index (χ4n) is 1.85. The van der Waals surface area contributed by atoms with E-state index < -0.39 is 18.1 Å². The van der Waals surface area contributed by atoms with E-state index in [2.05, 4.69) is 0 Å². The molecule has 0 spiro atoms. The van der Waals surface area contributed by atoms with E-state index in [9.17, 15) is 22.8 Å². The maximum absolute atomic E-state index is 12.2. The summed E-state index contributed by atoms with van der Waals surface area (Å²) in [4.78, 5) is 23.3. The Bertz CT molecular complexity index is 299. The van der Waals surface area contributed by atoms with Gasteiger partial charge in [-0.1, -0.05) is 13.8 Å². The Morgan fingerprint density at radius 2 is 1.88 bits per heavy atom. The Kier molecular flexibility index (Phi) is 3.60. The van der Waals surface area contributed by atoms with E-state index in [-0.39, 0.29) is 18.2 Å². The highest BCUT2D eigenvalue weighted by atomic mass is 19.4. The van der Waals surface area contributed by atoms with Gasteiger partial charge < -0.3 is 4.90 Å². The van der Waals surface area contributed by atoms with Crippen molar-refractivity contribution in [1.29, 1.82) is 0 Å². The van der Waals surface area contributed by atoms with Gasteiger partial charge in [0.15, 0.2) is 5.78 Å². The SMILES string of the molecule is CC(C)C(=O)[C@@H]1CCCN1C(=O)C(F)(F)F. The topological polar surface area (TPSA) is 37.4 Å². The lowest BCUT2D eigenvalue weighted by Gasteiger charge is -2.25. The Balaban J connectivity index is 2.81. The summed E-state index contributed by atoms with van der Waals surface area (Å²) in [6.07, 6.45) is -4.11. The molecule has 0 aromatic carbocycles. The Labute approximate surface area is 91.6 Å². The van der Waals surface area contributed by atoms with E-state index in [1.165, 1.54) is 0 Å². The smallest absolute Gasteiger partial charge is 0.325 e. The fraction of sp³-hybridized carbons (Fsp3) is 0.800. The van der Waals surface area contributed by atoms with E-state index >= 15 is 0 Å². The number of hydrogen-bond acceptors (Lipinski definition) is 2. The number of likely N-dealkylation sites (tertiary alicyclic amines) is 1. The zero-order chi connectivity index (χ0) is 12.5. The second kappa shape index (κ2) is 4.43. The molecule has 0 aromatic heterocycles. The molecule has 92 valence electrons. The summed E-state index contributed by atoms with van der Waals surface area (Å²) in [5, 5.41) is 0. The maximum atomic E-state index is 12.2. The van der Waals surface area contributed by atoms with Crippen LogP contribution < -0.4 is 0 Å². The zero-order valence-corrected chi connectivity index (χ0v) is 9.17. The summed E-state index contributed by atoms with van der Waals surface area (Å²) in [7, 11) is 0. The second-order valence-electron chi connectivity index (χ2n) is 4.21. The van der Waals surface area contributed by atoms with Crippen molar-refractivity contribution in [2.24, 2.45) is 5.92 Å². The lowest BCUT2D eigenvalue weighted by Crippen LogP contribution is -2.47. The summed E-state index contributed by atoms with van der Waals surface area (Å²) in [6, 6.07) is -0.894. The largest absolute Gasteiger partial charge is 0.471 e. The molecule has 16 heavy (non-hydrogen) atoms. The van der Waals surface area contributed by atoms with Crippen molar-refractivity contribution in [3.05, 3.63) is 0 Å². The van der Waals surface area contributed by atoms with Crippen molar-refractivity contribution in [1.82, 2.24) is 4.90 Å². The van der Waals surface area contributed by atoms with Crippen LogP contribution in [-0.4, -0.2) is 35.4 Å². The van der Waals surface area contributed by atoms with Crippen LogP contribution in [0.15, 0.2) is 0 Å². The minimum Gasteiger partial charge on any atom is -0.325 e. The summed E-state index contributed by atoms with van der Waals surface area (Å²) >= 11 is 0. The van der Waals surface area contributed by atoms with Gasteiger partial charge in [-0.05, 0) is 12.8 Å². The monoisotopic (exact) mass is 237 g/mol. The van der Waals surface area contributed by atoms with E-state index in [0.717, 1.165) is 0 Å². The van der Waals surface area contributed by atoms with Crippen LogP contribution in [0.3, 0.4) is 0 Å². The first-order valence-electron chi connectivity index (χ1n) is 5.16. The Hall–Kier alpha value is -1.07. The van der Waals surface area contributed by atoms with Crippen molar-refractivity contribution in [2.75, 3.05) is 6.54 Å². The van der Waals surface area contributed by atoms with Gasteiger partial charge in [-0.3, -0.25) is 9.59 Å². The number of Topliss-reactive ketones (excluding diaryl/α,β-unsaturated/α-hetero) is 1. The molecule has 6 heteroatoms.